The maximum Gasteiger partial charge on any atom is 0.302 e. The Bertz CT molecular complexity index is 640. The van der Waals surface area contributed by atoms with Gasteiger partial charge in [-0.15, -0.1) is 0 Å². The second-order valence-corrected chi connectivity index (χ2v) is 11.0. The fourth-order valence-corrected chi connectivity index (χ4v) is 8.20. The van der Waals surface area contributed by atoms with Crippen LogP contribution in [0.2, 0.25) is 0 Å². The molecule has 0 spiro atoms. The fourth-order valence-electron chi connectivity index (χ4n) is 8.20. The monoisotopic (exact) mass is 388 g/mol. The van der Waals surface area contributed by atoms with E-state index in [4.69, 9.17) is 4.74 Å². The van der Waals surface area contributed by atoms with Crippen LogP contribution in [0.4, 0.5) is 0 Å². The Morgan fingerprint density at radius 3 is 2.61 bits per heavy atom. The van der Waals surface area contributed by atoms with Crippen molar-refractivity contribution in [2.75, 3.05) is 6.61 Å². The van der Waals surface area contributed by atoms with Crippen LogP contribution in [0.3, 0.4) is 0 Å². The molecule has 3 nitrogen and oxygen atoms in total. The van der Waals surface area contributed by atoms with Crippen LogP contribution in [0.15, 0.2) is 11.6 Å². The molecule has 158 valence electrons. The lowest BCUT2D eigenvalue weighted by Gasteiger charge is -2.58. The summed E-state index contributed by atoms with van der Waals surface area (Å²) in [4.78, 5) is 11.4. The van der Waals surface area contributed by atoms with E-state index < -0.39 is 0 Å². The molecule has 3 fully saturated rings. The van der Waals surface area contributed by atoms with Crippen LogP contribution < -0.4 is 0 Å². The molecule has 1 N–H and O–H groups in total. The number of rotatable bonds is 4. The van der Waals surface area contributed by atoms with E-state index in [1.807, 2.05) is 0 Å². The molecule has 0 radical (unpaired) electrons. The zero-order valence-corrected chi connectivity index (χ0v) is 18.4. The molecule has 2 unspecified atom stereocenters. The molecule has 0 aromatic heterocycles. The Hall–Kier alpha value is -0.830. The van der Waals surface area contributed by atoms with Crippen molar-refractivity contribution in [3.63, 3.8) is 0 Å². The summed E-state index contributed by atoms with van der Waals surface area (Å²) >= 11 is 0. The number of allylic oxidation sites excluding steroid dienone is 2. The minimum absolute atomic E-state index is 0.122. The average Bonchev–Trinajstić information content (AvgIpc) is 2.99. The summed E-state index contributed by atoms with van der Waals surface area (Å²) in [6.07, 6.45) is 13.5. The van der Waals surface area contributed by atoms with Crippen molar-refractivity contribution < 1.29 is 14.6 Å². The van der Waals surface area contributed by atoms with Crippen LogP contribution in [-0.2, 0) is 9.53 Å². The smallest absolute Gasteiger partial charge is 0.302 e. The third-order valence-electron chi connectivity index (χ3n) is 9.71. The molecule has 4 aliphatic rings. The zero-order chi connectivity index (χ0) is 20.1. The molecule has 3 saturated carbocycles. The van der Waals surface area contributed by atoms with Gasteiger partial charge in [0.15, 0.2) is 0 Å². The number of aliphatic hydroxyl groups excluding tert-OH is 1. The highest BCUT2D eigenvalue weighted by molar-refractivity contribution is 5.66. The highest BCUT2D eigenvalue weighted by Gasteiger charge is 2.58. The van der Waals surface area contributed by atoms with E-state index in [-0.39, 0.29) is 12.1 Å². The van der Waals surface area contributed by atoms with E-state index in [0.29, 0.717) is 29.3 Å². The molecule has 3 heteroatoms. The van der Waals surface area contributed by atoms with Crippen LogP contribution in [0.5, 0.6) is 0 Å². The van der Waals surface area contributed by atoms with Gasteiger partial charge in [-0.25, -0.2) is 0 Å². The minimum Gasteiger partial charge on any atom is -0.463 e. The molecule has 8 atom stereocenters. The van der Waals surface area contributed by atoms with Crippen LogP contribution in [0.25, 0.3) is 0 Å². The first-order valence-corrected chi connectivity index (χ1v) is 11.8. The molecule has 4 aliphatic carbocycles. The van der Waals surface area contributed by atoms with Gasteiger partial charge in [-0.2, -0.15) is 0 Å². The molecule has 4 rings (SSSR count). The lowest BCUT2D eigenvalue weighted by Crippen LogP contribution is -2.50. The standard InChI is InChI=1S/C25H40O3/c1-16(11-14-26)21-7-8-22-20-6-5-18-15-19(28-17(2)27)9-12-24(18,3)23(20)10-13-25(21,22)4/h6,16,18-19,21-23,26H,5,7-15H2,1-4H3/t16?,18?,19-,21+,22-,23-,24-,25+/m0/s1. The second kappa shape index (κ2) is 7.45. The van der Waals surface area contributed by atoms with Gasteiger partial charge in [-0.1, -0.05) is 32.4 Å². The molecule has 0 aromatic rings. The number of hydrogen-bond acceptors (Lipinski definition) is 3. The number of ether oxygens (including phenoxy) is 1. The first-order valence-electron chi connectivity index (χ1n) is 11.8. The summed E-state index contributed by atoms with van der Waals surface area (Å²) in [5.74, 6) is 3.41. The van der Waals surface area contributed by atoms with Crippen molar-refractivity contribution in [3.8, 4) is 0 Å². The summed E-state index contributed by atoms with van der Waals surface area (Å²) in [6.45, 7) is 9.34. The summed E-state index contributed by atoms with van der Waals surface area (Å²) < 4.78 is 5.59. The normalized spacial score (nSPS) is 46.0. The Morgan fingerprint density at radius 1 is 1.18 bits per heavy atom. The van der Waals surface area contributed by atoms with Gasteiger partial charge in [0.2, 0.25) is 0 Å². The van der Waals surface area contributed by atoms with E-state index in [0.717, 1.165) is 37.0 Å². The molecule has 0 aromatic carbocycles. The van der Waals surface area contributed by atoms with E-state index in [2.05, 4.69) is 26.8 Å². The first-order chi connectivity index (χ1) is 13.3. The van der Waals surface area contributed by atoms with Gasteiger partial charge in [-0.05, 0) is 98.2 Å². The van der Waals surface area contributed by atoms with E-state index in [1.54, 1.807) is 12.5 Å². The molecular weight excluding hydrogens is 348 g/mol. The van der Waals surface area contributed by atoms with Crippen LogP contribution in [0.1, 0.15) is 85.5 Å². The van der Waals surface area contributed by atoms with Crippen molar-refractivity contribution in [3.05, 3.63) is 11.6 Å². The van der Waals surface area contributed by atoms with Gasteiger partial charge in [-0.3, -0.25) is 4.79 Å². The third kappa shape index (κ3) is 3.16. The van der Waals surface area contributed by atoms with Crippen molar-refractivity contribution in [2.45, 2.75) is 91.6 Å². The maximum atomic E-state index is 11.4. The highest BCUT2D eigenvalue weighted by Crippen LogP contribution is 2.66. The fraction of sp³-hybridized carbons (Fsp3) is 0.880. The van der Waals surface area contributed by atoms with Gasteiger partial charge < -0.3 is 9.84 Å². The topological polar surface area (TPSA) is 46.5 Å². The van der Waals surface area contributed by atoms with Crippen molar-refractivity contribution in [1.29, 1.82) is 0 Å². The van der Waals surface area contributed by atoms with Crippen molar-refractivity contribution in [2.24, 2.45) is 40.4 Å². The predicted molar refractivity (Wildman–Crippen MR) is 112 cm³/mol. The van der Waals surface area contributed by atoms with Crippen molar-refractivity contribution >= 4 is 5.97 Å². The van der Waals surface area contributed by atoms with Gasteiger partial charge >= 0.3 is 5.97 Å². The van der Waals surface area contributed by atoms with E-state index >= 15 is 0 Å². The zero-order valence-electron chi connectivity index (χ0n) is 18.4. The maximum absolute atomic E-state index is 11.4. The highest BCUT2D eigenvalue weighted by atomic mass is 16.5. The van der Waals surface area contributed by atoms with Gasteiger partial charge in [0.25, 0.3) is 0 Å². The summed E-state index contributed by atoms with van der Waals surface area (Å²) in [7, 11) is 0. The molecule has 0 bridgehead atoms. The Kier molecular flexibility index (Phi) is 5.44. The first kappa shape index (κ1) is 20.4. The molecule has 0 saturated heterocycles. The number of aliphatic hydroxyl groups is 1. The van der Waals surface area contributed by atoms with Crippen LogP contribution in [0, 0.1) is 40.4 Å². The van der Waals surface area contributed by atoms with Crippen LogP contribution in [-0.4, -0.2) is 23.8 Å². The molecule has 0 heterocycles. The second-order valence-electron chi connectivity index (χ2n) is 11.0. The Balaban J connectivity index is 1.55. The summed E-state index contributed by atoms with van der Waals surface area (Å²) in [6, 6.07) is 0. The Morgan fingerprint density at radius 2 is 1.89 bits per heavy atom. The van der Waals surface area contributed by atoms with Crippen molar-refractivity contribution in [1.82, 2.24) is 0 Å². The quantitative estimate of drug-likeness (QED) is 0.510. The molecule has 28 heavy (non-hydrogen) atoms. The Labute approximate surface area is 171 Å². The number of carbonyl (C=O) groups is 1. The molecular formula is C25H40O3. The lowest BCUT2D eigenvalue weighted by atomic mass is 9.47. The van der Waals surface area contributed by atoms with E-state index in [9.17, 15) is 9.90 Å². The summed E-state index contributed by atoms with van der Waals surface area (Å²) in [5.41, 5.74) is 2.60. The summed E-state index contributed by atoms with van der Waals surface area (Å²) in [5, 5.41) is 9.46. The average molecular weight is 389 g/mol. The predicted octanol–water partition coefficient (Wildman–Crippen LogP) is 5.52. The lowest BCUT2D eigenvalue weighted by molar-refractivity contribution is -0.152. The molecule has 0 aliphatic heterocycles. The number of fused-ring (bicyclic) bond motifs is 5. The third-order valence-corrected chi connectivity index (χ3v) is 9.71. The largest absolute Gasteiger partial charge is 0.463 e. The SMILES string of the molecule is CC(=O)O[C@H]1CC[C@@]2(C)C(CC=C3[C@@H]4CC[C@H](C(C)CCO)[C@@]4(C)CC[C@@H]32)C1. The van der Waals surface area contributed by atoms with Gasteiger partial charge in [0.05, 0.1) is 0 Å². The number of hydrogen-bond donors (Lipinski definition) is 1. The number of carbonyl (C=O) groups excluding carboxylic acids is 1. The van der Waals surface area contributed by atoms with Crippen LogP contribution >= 0.6 is 0 Å². The van der Waals surface area contributed by atoms with E-state index in [1.165, 1.54) is 38.5 Å². The van der Waals surface area contributed by atoms with Gasteiger partial charge in [0, 0.05) is 13.5 Å². The number of esters is 1. The van der Waals surface area contributed by atoms with Gasteiger partial charge in [0.1, 0.15) is 6.10 Å². The minimum atomic E-state index is -0.122. The molecule has 0 amide bonds.